The van der Waals surface area contributed by atoms with Gasteiger partial charge in [0.25, 0.3) is 11.7 Å². The van der Waals surface area contributed by atoms with Gasteiger partial charge in [-0.05, 0) is 61.2 Å². The van der Waals surface area contributed by atoms with E-state index in [0.29, 0.717) is 29.5 Å². The molecular formula is C32H32N2O4. The molecule has 6 nitrogen and oxygen atoms in total. The number of aliphatic hydroxyl groups excluding tert-OH is 1. The second-order valence-corrected chi connectivity index (χ2v) is 10.4. The van der Waals surface area contributed by atoms with Crippen LogP contribution in [0.2, 0.25) is 0 Å². The molecule has 1 saturated heterocycles. The maximum absolute atomic E-state index is 13.6. The van der Waals surface area contributed by atoms with Crippen LogP contribution in [0.5, 0.6) is 5.75 Å². The topological polar surface area (TPSA) is 71.8 Å². The second-order valence-electron chi connectivity index (χ2n) is 10.4. The average Bonchev–Trinajstić information content (AvgIpc) is 3.37. The summed E-state index contributed by atoms with van der Waals surface area (Å²) in [5.74, 6) is -0.676. The van der Waals surface area contributed by atoms with Crippen molar-refractivity contribution in [2.24, 2.45) is 13.0 Å². The van der Waals surface area contributed by atoms with Gasteiger partial charge in [0, 0.05) is 41.0 Å². The van der Waals surface area contributed by atoms with Crippen molar-refractivity contribution in [2.75, 3.05) is 11.5 Å². The lowest BCUT2D eigenvalue weighted by Gasteiger charge is -2.25. The number of hydrogen-bond donors (Lipinski definition) is 1. The Kier molecular flexibility index (Phi) is 6.57. The number of aryl methyl sites for hydroxylation is 3. The number of benzene rings is 3. The predicted molar refractivity (Wildman–Crippen MR) is 150 cm³/mol. The molecule has 1 unspecified atom stereocenters. The molecule has 1 aromatic heterocycles. The van der Waals surface area contributed by atoms with E-state index in [1.54, 1.807) is 18.2 Å². The van der Waals surface area contributed by atoms with E-state index in [-0.39, 0.29) is 11.3 Å². The van der Waals surface area contributed by atoms with Gasteiger partial charge in [0.1, 0.15) is 11.5 Å². The largest absolute Gasteiger partial charge is 0.507 e. The highest BCUT2D eigenvalue weighted by molar-refractivity contribution is 6.52. The zero-order chi connectivity index (χ0) is 27.1. The summed E-state index contributed by atoms with van der Waals surface area (Å²) >= 11 is 0. The van der Waals surface area contributed by atoms with Crippen LogP contribution in [-0.4, -0.2) is 28.0 Å². The van der Waals surface area contributed by atoms with E-state index < -0.39 is 17.7 Å². The van der Waals surface area contributed by atoms with Crippen molar-refractivity contribution in [2.45, 2.75) is 33.7 Å². The van der Waals surface area contributed by atoms with Crippen LogP contribution >= 0.6 is 0 Å². The van der Waals surface area contributed by atoms with E-state index in [1.165, 1.54) is 4.90 Å². The van der Waals surface area contributed by atoms with Crippen molar-refractivity contribution in [3.05, 3.63) is 101 Å². The van der Waals surface area contributed by atoms with E-state index in [9.17, 15) is 14.7 Å². The molecule has 1 aliphatic heterocycles. The summed E-state index contributed by atoms with van der Waals surface area (Å²) in [6, 6.07) is 19.8. The Hall–Kier alpha value is -4.32. The lowest BCUT2D eigenvalue weighted by atomic mass is 9.94. The molecule has 0 saturated carbocycles. The third-order valence-electron chi connectivity index (χ3n) is 7.13. The number of aromatic nitrogens is 1. The molecule has 6 heteroatoms. The number of carbonyl (C=O) groups excluding carboxylic acids is 2. The minimum absolute atomic E-state index is 0.0607. The molecular weight excluding hydrogens is 476 g/mol. The number of Topliss-reactive ketones (excluding diaryl/α,β-unsaturated/α-hetero) is 1. The summed E-state index contributed by atoms with van der Waals surface area (Å²) in [4.78, 5) is 28.8. The molecule has 2 heterocycles. The van der Waals surface area contributed by atoms with Gasteiger partial charge in [-0.2, -0.15) is 0 Å². The van der Waals surface area contributed by atoms with Crippen molar-refractivity contribution < 1.29 is 19.4 Å². The lowest BCUT2D eigenvalue weighted by molar-refractivity contribution is -0.132. The minimum atomic E-state index is -0.802. The smallest absolute Gasteiger partial charge is 0.300 e. The van der Waals surface area contributed by atoms with Crippen LogP contribution in [-0.2, 0) is 16.6 Å². The first kappa shape index (κ1) is 25.3. The Labute approximate surface area is 222 Å². The number of rotatable bonds is 6. The van der Waals surface area contributed by atoms with Gasteiger partial charge >= 0.3 is 0 Å². The Morgan fingerprint density at radius 1 is 0.974 bits per heavy atom. The van der Waals surface area contributed by atoms with E-state index in [0.717, 1.165) is 27.6 Å². The van der Waals surface area contributed by atoms with E-state index >= 15 is 0 Å². The number of aliphatic hydroxyl groups is 1. The molecule has 3 aromatic carbocycles. The van der Waals surface area contributed by atoms with Gasteiger partial charge in [-0.1, -0.05) is 50.2 Å². The fourth-order valence-corrected chi connectivity index (χ4v) is 5.01. The standard InChI is InChI=1S/C32H32N2O4/c1-19(2)18-38-24-10-8-9-22(16-24)30(35)28-29(26-17-33(5)27-12-7-6-11-25(26)27)34(32(37)31(28)36)23-14-13-20(3)21(4)15-23/h6-17,19,29,35H,18H2,1-5H3/b30-28+. The van der Waals surface area contributed by atoms with E-state index in [2.05, 4.69) is 13.8 Å². The summed E-state index contributed by atoms with van der Waals surface area (Å²) in [6.45, 7) is 8.62. The maximum Gasteiger partial charge on any atom is 0.300 e. The Morgan fingerprint density at radius 3 is 2.47 bits per heavy atom. The van der Waals surface area contributed by atoms with Gasteiger partial charge in [0.05, 0.1) is 18.2 Å². The summed E-state index contributed by atoms with van der Waals surface area (Å²) in [5.41, 5.74) is 4.94. The SMILES string of the molecule is Cc1ccc(N2C(=O)C(=O)/C(=C(/O)c3cccc(OCC(C)C)c3)C2c2cn(C)c3ccccc23)cc1C. The fourth-order valence-electron chi connectivity index (χ4n) is 5.01. The Morgan fingerprint density at radius 2 is 1.74 bits per heavy atom. The van der Waals surface area contributed by atoms with Crippen LogP contribution in [0.1, 0.15) is 42.1 Å². The number of ether oxygens (including phenoxy) is 1. The van der Waals surface area contributed by atoms with Crippen LogP contribution < -0.4 is 9.64 Å². The van der Waals surface area contributed by atoms with Crippen LogP contribution in [0.3, 0.4) is 0 Å². The van der Waals surface area contributed by atoms with Crippen molar-refractivity contribution >= 4 is 34.0 Å². The zero-order valence-electron chi connectivity index (χ0n) is 22.4. The molecule has 0 radical (unpaired) electrons. The van der Waals surface area contributed by atoms with Gasteiger partial charge in [-0.3, -0.25) is 14.5 Å². The van der Waals surface area contributed by atoms with Crippen molar-refractivity contribution in [3.8, 4) is 5.75 Å². The lowest BCUT2D eigenvalue weighted by Crippen LogP contribution is -2.29. The number of amides is 1. The first-order valence-corrected chi connectivity index (χ1v) is 12.8. The molecule has 4 aromatic rings. The van der Waals surface area contributed by atoms with Gasteiger partial charge in [0.2, 0.25) is 0 Å². The molecule has 38 heavy (non-hydrogen) atoms. The molecule has 1 fully saturated rings. The van der Waals surface area contributed by atoms with E-state index in [4.69, 9.17) is 4.74 Å². The first-order valence-electron chi connectivity index (χ1n) is 12.8. The highest BCUT2D eigenvalue weighted by Crippen LogP contribution is 2.45. The van der Waals surface area contributed by atoms with Crippen LogP contribution in [0.4, 0.5) is 5.69 Å². The van der Waals surface area contributed by atoms with Gasteiger partial charge in [0.15, 0.2) is 0 Å². The van der Waals surface area contributed by atoms with Crippen molar-refractivity contribution in [1.82, 2.24) is 4.57 Å². The number of carbonyl (C=O) groups is 2. The number of para-hydroxylation sites is 1. The molecule has 1 amide bonds. The monoisotopic (exact) mass is 508 g/mol. The summed E-state index contributed by atoms with van der Waals surface area (Å²) in [6.07, 6.45) is 1.94. The molecule has 1 N–H and O–H groups in total. The van der Waals surface area contributed by atoms with Crippen molar-refractivity contribution in [1.29, 1.82) is 0 Å². The molecule has 1 atom stereocenters. The molecule has 0 spiro atoms. The van der Waals surface area contributed by atoms with Crippen LogP contribution in [0.25, 0.3) is 16.7 Å². The Balaban J connectivity index is 1.73. The van der Waals surface area contributed by atoms with Crippen LogP contribution in [0.15, 0.2) is 78.5 Å². The van der Waals surface area contributed by atoms with Gasteiger partial charge in [-0.25, -0.2) is 0 Å². The molecule has 5 rings (SSSR count). The number of fused-ring (bicyclic) bond motifs is 1. The molecule has 194 valence electrons. The third-order valence-corrected chi connectivity index (χ3v) is 7.13. The quantitative estimate of drug-likeness (QED) is 0.184. The summed E-state index contributed by atoms with van der Waals surface area (Å²) in [7, 11) is 1.93. The number of hydrogen-bond acceptors (Lipinski definition) is 4. The highest BCUT2D eigenvalue weighted by Gasteiger charge is 2.48. The fraction of sp³-hybridized carbons (Fsp3) is 0.250. The Bertz CT molecular complexity index is 1590. The zero-order valence-corrected chi connectivity index (χ0v) is 22.4. The summed E-state index contributed by atoms with van der Waals surface area (Å²) < 4.78 is 7.83. The molecule has 0 aliphatic carbocycles. The number of nitrogens with zero attached hydrogens (tertiary/aromatic N) is 2. The number of anilines is 1. The number of ketones is 1. The predicted octanol–water partition coefficient (Wildman–Crippen LogP) is 6.46. The molecule has 0 bridgehead atoms. The minimum Gasteiger partial charge on any atom is -0.507 e. The molecule has 1 aliphatic rings. The maximum atomic E-state index is 13.6. The first-order chi connectivity index (χ1) is 18.2. The summed E-state index contributed by atoms with van der Waals surface area (Å²) in [5, 5.41) is 12.5. The third kappa shape index (κ3) is 4.36. The highest BCUT2D eigenvalue weighted by atomic mass is 16.5. The average molecular weight is 509 g/mol. The normalized spacial score (nSPS) is 17.1. The van der Waals surface area contributed by atoms with Gasteiger partial charge < -0.3 is 14.4 Å². The van der Waals surface area contributed by atoms with Crippen LogP contribution in [0, 0.1) is 19.8 Å². The second kappa shape index (κ2) is 9.86. The van der Waals surface area contributed by atoms with E-state index in [1.807, 2.05) is 80.2 Å². The van der Waals surface area contributed by atoms with Gasteiger partial charge in [-0.15, -0.1) is 0 Å². The van der Waals surface area contributed by atoms with Crippen molar-refractivity contribution in [3.63, 3.8) is 0 Å².